The molecule has 2 aliphatic rings. The SMILES string of the molecule is CC(=O)N1CC[C@]2(OCC(F)(F)F)c3ccccc3N[C@H]12. The molecule has 2 heterocycles. The minimum absolute atomic E-state index is 0.183. The van der Waals surface area contributed by atoms with Crippen LogP contribution in [0, 0.1) is 0 Å². The van der Waals surface area contributed by atoms with Crippen molar-refractivity contribution in [2.45, 2.75) is 31.3 Å². The molecule has 0 aliphatic carbocycles. The molecule has 1 fully saturated rings. The lowest BCUT2D eigenvalue weighted by Gasteiger charge is -2.32. The summed E-state index contributed by atoms with van der Waals surface area (Å²) in [5.41, 5.74) is 0.274. The molecule has 1 aromatic carbocycles. The quantitative estimate of drug-likeness (QED) is 0.912. The van der Waals surface area contributed by atoms with Crippen molar-refractivity contribution < 1.29 is 22.7 Å². The molecule has 21 heavy (non-hydrogen) atoms. The summed E-state index contributed by atoms with van der Waals surface area (Å²) in [7, 11) is 0. The second-order valence-corrected chi connectivity index (χ2v) is 5.35. The molecule has 0 saturated carbocycles. The van der Waals surface area contributed by atoms with Gasteiger partial charge in [0.2, 0.25) is 5.91 Å². The Morgan fingerprint density at radius 2 is 2.19 bits per heavy atom. The molecule has 0 unspecified atom stereocenters. The maximum Gasteiger partial charge on any atom is 0.411 e. The predicted octanol–water partition coefficient (Wildman–Crippen LogP) is 2.46. The summed E-state index contributed by atoms with van der Waals surface area (Å²) in [4.78, 5) is 13.2. The Balaban J connectivity index is 1.98. The number of anilines is 1. The van der Waals surface area contributed by atoms with Gasteiger partial charge in [-0.3, -0.25) is 4.79 Å². The van der Waals surface area contributed by atoms with Crippen molar-refractivity contribution in [2.75, 3.05) is 18.5 Å². The summed E-state index contributed by atoms with van der Waals surface area (Å²) >= 11 is 0. The molecule has 1 N–H and O–H groups in total. The van der Waals surface area contributed by atoms with Gasteiger partial charge in [0.25, 0.3) is 0 Å². The van der Waals surface area contributed by atoms with Gasteiger partial charge in [0.1, 0.15) is 18.4 Å². The molecule has 0 aromatic heterocycles. The lowest BCUT2D eigenvalue weighted by atomic mass is 9.92. The molecule has 4 nitrogen and oxygen atoms in total. The number of ether oxygens (including phenoxy) is 1. The highest BCUT2D eigenvalue weighted by Gasteiger charge is 2.56. The van der Waals surface area contributed by atoms with Crippen molar-refractivity contribution in [3.8, 4) is 0 Å². The number of nitrogens with one attached hydrogen (secondary N) is 1. The molecule has 0 spiro atoms. The van der Waals surface area contributed by atoms with Crippen LogP contribution < -0.4 is 5.32 Å². The van der Waals surface area contributed by atoms with Crippen molar-refractivity contribution in [1.82, 2.24) is 4.90 Å². The van der Waals surface area contributed by atoms with Gasteiger partial charge < -0.3 is 15.0 Å². The number of likely N-dealkylation sites (tertiary alicyclic amines) is 1. The Hall–Kier alpha value is -1.76. The van der Waals surface area contributed by atoms with Gasteiger partial charge in [0.05, 0.1) is 0 Å². The molecule has 0 radical (unpaired) electrons. The van der Waals surface area contributed by atoms with Crippen LogP contribution in [0.1, 0.15) is 18.9 Å². The lowest BCUT2D eigenvalue weighted by Crippen LogP contribution is -2.47. The van der Waals surface area contributed by atoms with Crippen LogP contribution in [0.5, 0.6) is 0 Å². The normalized spacial score (nSPS) is 27.2. The highest BCUT2D eigenvalue weighted by Crippen LogP contribution is 2.49. The fourth-order valence-corrected chi connectivity index (χ4v) is 3.18. The molecule has 1 saturated heterocycles. The fraction of sp³-hybridized carbons (Fsp3) is 0.500. The first-order valence-electron chi connectivity index (χ1n) is 6.67. The number of rotatable bonds is 2. The second kappa shape index (κ2) is 4.62. The van der Waals surface area contributed by atoms with Crippen LogP contribution in [0.15, 0.2) is 24.3 Å². The van der Waals surface area contributed by atoms with E-state index < -0.39 is 24.6 Å². The Morgan fingerprint density at radius 3 is 2.86 bits per heavy atom. The van der Waals surface area contributed by atoms with Crippen LogP contribution in [0.25, 0.3) is 0 Å². The summed E-state index contributed by atoms with van der Waals surface area (Å²) in [5.74, 6) is -0.183. The Labute approximate surface area is 119 Å². The molecule has 114 valence electrons. The van der Waals surface area contributed by atoms with E-state index in [9.17, 15) is 18.0 Å². The number of alkyl halides is 3. The number of carbonyl (C=O) groups excluding carboxylic acids is 1. The predicted molar refractivity (Wildman–Crippen MR) is 69.5 cm³/mol. The third-order valence-electron chi connectivity index (χ3n) is 4.05. The zero-order chi connectivity index (χ0) is 15.3. The van der Waals surface area contributed by atoms with Gasteiger partial charge in [0, 0.05) is 31.1 Å². The molecule has 2 aliphatic heterocycles. The summed E-state index contributed by atoms with van der Waals surface area (Å²) in [6.07, 6.45) is -4.65. The maximum atomic E-state index is 12.6. The number of carbonyl (C=O) groups is 1. The number of hydrogen-bond acceptors (Lipinski definition) is 3. The summed E-state index contributed by atoms with van der Waals surface area (Å²) in [6, 6.07) is 7.09. The van der Waals surface area contributed by atoms with Crippen LogP contribution in [-0.2, 0) is 15.1 Å². The highest BCUT2D eigenvalue weighted by atomic mass is 19.4. The van der Waals surface area contributed by atoms with E-state index in [4.69, 9.17) is 4.74 Å². The number of para-hydroxylation sites is 1. The first kappa shape index (κ1) is 14.2. The second-order valence-electron chi connectivity index (χ2n) is 5.35. The van der Waals surface area contributed by atoms with E-state index >= 15 is 0 Å². The first-order chi connectivity index (χ1) is 9.83. The number of hydrogen-bond donors (Lipinski definition) is 1. The van der Waals surface area contributed by atoms with Crippen LogP contribution in [0.3, 0.4) is 0 Å². The highest BCUT2D eigenvalue weighted by molar-refractivity contribution is 5.76. The number of amides is 1. The fourth-order valence-electron chi connectivity index (χ4n) is 3.18. The molecular weight excluding hydrogens is 285 g/mol. The lowest BCUT2D eigenvalue weighted by molar-refractivity contribution is -0.209. The third kappa shape index (κ3) is 2.25. The van der Waals surface area contributed by atoms with Crippen molar-refractivity contribution in [3.63, 3.8) is 0 Å². The molecule has 1 aromatic rings. The zero-order valence-corrected chi connectivity index (χ0v) is 11.4. The largest absolute Gasteiger partial charge is 0.411 e. The third-order valence-corrected chi connectivity index (χ3v) is 4.05. The van der Waals surface area contributed by atoms with Gasteiger partial charge in [-0.1, -0.05) is 18.2 Å². The number of halogens is 3. The summed E-state index contributed by atoms with van der Waals surface area (Å²) in [6.45, 7) is 0.453. The average molecular weight is 300 g/mol. The Kier molecular flexibility index (Phi) is 3.12. The van der Waals surface area contributed by atoms with Crippen molar-refractivity contribution in [2.24, 2.45) is 0 Å². The molecular formula is C14H15F3N2O2. The van der Waals surface area contributed by atoms with Gasteiger partial charge in [-0.05, 0) is 6.07 Å². The van der Waals surface area contributed by atoms with Crippen LogP contribution in [0.4, 0.5) is 18.9 Å². The molecule has 1 amide bonds. The Bertz CT molecular complexity index is 576. The van der Waals surface area contributed by atoms with Crippen molar-refractivity contribution in [3.05, 3.63) is 29.8 Å². The van der Waals surface area contributed by atoms with E-state index in [1.807, 2.05) is 0 Å². The molecule has 0 bridgehead atoms. The van der Waals surface area contributed by atoms with Gasteiger partial charge in [-0.25, -0.2) is 0 Å². The maximum absolute atomic E-state index is 12.6. The van der Waals surface area contributed by atoms with E-state index in [2.05, 4.69) is 5.32 Å². The summed E-state index contributed by atoms with van der Waals surface area (Å²) in [5, 5.41) is 3.12. The number of fused-ring (bicyclic) bond motifs is 3. The Morgan fingerprint density at radius 1 is 1.48 bits per heavy atom. The topological polar surface area (TPSA) is 41.6 Å². The average Bonchev–Trinajstić information content (AvgIpc) is 2.89. The molecule has 2 atom stereocenters. The van der Waals surface area contributed by atoms with Gasteiger partial charge >= 0.3 is 6.18 Å². The van der Waals surface area contributed by atoms with Gasteiger partial charge in [0.15, 0.2) is 0 Å². The van der Waals surface area contributed by atoms with Crippen LogP contribution in [0.2, 0.25) is 0 Å². The molecule has 3 rings (SSSR count). The number of benzene rings is 1. The van der Waals surface area contributed by atoms with E-state index in [0.717, 1.165) is 5.69 Å². The first-order valence-corrected chi connectivity index (χ1v) is 6.67. The minimum atomic E-state index is -4.40. The van der Waals surface area contributed by atoms with Crippen molar-refractivity contribution >= 4 is 11.6 Å². The van der Waals surface area contributed by atoms with E-state index in [1.165, 1.54) is 11.8 Å². The van der Waals surface area contributed by atoms with Gasteiger partial charge in [-0.15, -0.1) is 0 Å². The van der Waals surface area contributed by atoms with E-state index in [-0.39, 0.29) is 5.91 Å². The van der Waals surface area contributed by atoms with Crippen LogP contribution >= 0.6 is 0 Å². The van der Waals surface area contributed by atoms with Gasteiger partial charge in [-0.2, -0.15) is 13.2 Å². The summed E-state index contributed by atoms with van der Waals surface area (Å²) < 4.78 is 43.0. The monoisotopic (exact) mass is 300 g/mol. The standard InChI is InChI=1S/C14H15F3N2O2/c1-9(20)19-7-6-13(21-8-14(15,16)17)10-4-2-3-5-11(10)18-12(13)19/h2-5,12,18H,6-8H2,1H3/t12-,13+/m1/s1. The minimum Gasteiger partial charge on any atom is -0.362 e. The van der Waals surface area contributed by atoms with Crippen molar-refractivity contribution in [1.29, 1.82) is 0 Å². The smallest absolute Gasteiger partial charge is 0.362 e. The van der Waals surface area contributed by atoms with E-state index in [0.29, 0.717) is 18.5 Å². The molecule has 7 heteroatoms. The van der Waals surface area contributed by atoms with Crippen LogP contribution in [-0.4, -0.2) is 36.3 Å². The number of nitrogens with zero attached hydrogens (tertiary/aromatic N) is 1. The zero-order valence-electron chi connectivity index (χ0n) is 11.4. The van der Waals surface area contributed by atoms with E-state index in [1.54, 1.807) is 24.3 Å².